The minimum Gasteiger partial charge on any atom is -0.493 e. The van der Waals surface area contributed by atoms with Crippen molar-refractivity contribution in [3.05, 3.63) is 57.9 Å². The van der Waals surface area contributed by atoms with Crippen molar-refractivity contribution in [1.29, 1.82) is 0 Å². The molecule has 0 aliphatic heterocycles. The first-order chi connectivity index (χ1) is 15.0. The Labute approximate surface area is 194 Å². The number of carbonyl (C=O) groups excluding carboxylic acids is 1. The van der Waals surface area contributed by atoms with Gasteiger partial charge in [0.05, 0.1) is 30.5 Å². The van der Waals surface area contributed by atoms with E-state index in [1.165, 1.54) is 17.4 Å². The molecule has 0 bridgehead atoms. The van der Waals surface area contributed by atoms with E-state index in [1.807, 2.05) is 55.6 Å². The molecule has 0 aliphatic carbocycles. The maximum atomic E-state index is 12.4. The molecule has 1 amide bonds. The number of para-hydroxylation sites is 1. The number of hydrogen-bond acceptors (Lipinski definition) is 6. The zero-order valence-corrected chi connectivity index (χ0v) is 19.9. The summed E-state index contributed by atoms with van der Waals surface area (Å²) in [5.41, 5.74) is 2.45. The number of methoxy groups -OCH3 is 1. The van der Waals surface area contributed by atoms with Crippen LogP contribution in [-0.4, -0.2) is 31.2 Å². The predicted molar refractivity (Wildman–Crippen MR) is 128 cm³/mol. The predicted octanol–water partition coefficient (Wildman–Crippen LogP) is 6.03. The summed E-state index contributed by atoms with van der Waals surface area (Å²) in [5.74, 6) is 1.72. The van der Waals surface area contributed by atoms with Crippen LogP contribution in [0.3, 0.4) is 0 Å². The van der Waals surface area contributed by atoms with Crippen LogP contribution in [0.25, 0.3) is 17.3 Å². The lowest BCUT2D eigenvalue weighted by atomic mass is 10.1. The standard InChI is InChI=1S/C23H23BrN2O4S/c1-4-29-19-9-7-6-8-16(19)18-14-31-23(25-18)26-21(27)11-10-15-12-17(24)22(30-5-2)20(13-15)28-3/h6-14H,4-5H2,1-3H3,(H,25,26,27). The smallest absolute Gasteiger partial charge is 0.250 e. The second-order valence-electron chi connectivity index (χ2n) is 6.26. The van der Waals surface area contributed by atoms with Crippen LogP contribution >= 0.6 is 27.3 Å². The Morgan fingerprint density at radius 1 is 1.16 bits per heavy atom. The molecule has 0 aliphatic rings. The van der Waals surface area contributed by atoms with Crippen LogP contribution in [0.4, 0.5) is 5.13 Å². The van der Waals surface area contributed by atoms with E-state index in [0.717, 1.165) is 27.0 Å². The summed E-state index contributed by atoms with van der Waals surface area (Å²) >= 11 is 4.84. The summed E-state index contributed by atoms with van der Waals surface area (Å²) in [6.07, 6.45) is 3.16. The largest absolute Gasteiger partial charge is 0.493 e. The second kappa shape index (κ2) is 11.0. The number of aromatic nitrogens is 1. The number of nitrogens with zero attached hydrogens (tertiary/aromatic N) is 1. The highest BCUT2D eigenvalue weighted by atomic mass is 79.9. The lowest BCUT2D eigenvalue weighted by Gasteiger charge is -2.12. The minimum atomic E-state index is -0.275. The molecule has 0 unspecified atom stereocenters. The van der Waals surface area contributed by atoms with Crippen molar-refractivity contribution in [3.8, 4) is 28.5 Å². The van der Waals surface area contributed by atoms with Gasteiger partial charge in [0.25, 0.3) is 0 Å². The van der Waals surface area contributed by atoms with Gasteiger partial charge in [0.15, 0.2) is 16.6 Å². The Kier molecular flexibility index (Phi) is 8.08. The molecule has 0 atom stereocenters. The van der Waals surface area contributed by atoms with Crippen LogP contribution in [0.1, 0.15) is 19.4 Å². The van der Waals surface area contributed by atoms with Crippen LogP contribution in [0.5, 0.6) is 17.2 Å². The summed E-state index contributed by atoms with van der Waals surface area (Å²) in [4.78, 5) is 16.9. The normalized spacial score (nSPS) is 10.8. The van der Waals surface area contributed by atoms with E-state index in [9.17, 15) is 4.79 Å². The van der Waals surface area contributed by atoms with Gasteiger partial charge in [0.2, 0.25) is 5.91 Å². The molecule has 0 saturated carbocycles. The average molecular weight is 503 g/mol. The molecule has 0 fully saturated rings. The maximum Gasteiger partial charge on any atom is 0.250 e. The lowest BCUT2D eigenvalue weighted by Crippen LogP contribution is -2.07. The number of nitrogens with one attached hydrogen (secondary N) is 1. The van der Waals surface area contributed by atoms with Crippen molar-refractivity contribution in [3.63, 3.8) is 0 Å². The molecule has 31 heavy (non-hydrogen) atoms. The molecule has 8 heteroatoms. The Bertz CT molecular complexity index is 1080. The molecule has 0 saturated heterocycles. The van der Waals surface area contributed by atoms with E-state index in [4.69, 9.17) is 14.2 Å². The molecule has 3 rings (SSSR count). The van der Waals surface area contributed by atoms with Gasteiger partial charge < -0.3 is 14.2 Å². The Hall–Kier alpha value is -2.84. The first-order valence-electron chi connectivity index (χ1n) is 9.72. The van der Waals surface area contributed by atoms with E-state index < -0.39 is 0 Å². The van der Waals surface area contributed by atoms with Crippen molar-refractivity contribution >= 4 is 44.4 Å². The fourth-order valence-corrected chi connectivity index (χ4v) is 4.14. The van der Waals surface area contributed by atoms with Crippen molar-refractivity contribution in [2.24, 2.45) is 0 Å². The summed E-state index contributed by atoms with van der Waals surface area (Å²) in [6.45, 7) is 4.94. The summed E-state index contributed by atoms with van der Waals surface area (Å²) < 4.78 is 17.4. The summed E-state index contributed by atoms with van der Waals surface area (Å²) in [6, 6.07) is 11.4. The third-order valence-corrected chi connectivity index (χ3v) is 5.51. The van der Waals surface area contributed by atoms with Crippen LogP contribution in [0, 0.1) is 0 Å². The van der Waals surface area contributed by atoms with Crippen LogP contribution < -0.4 is 19.5 Å². The van der Waals surface area contributed by atoms with Gasteiger partial charge in [-0.05, 0) is 65.7 Å². The number of anilines is 1. The molecule has 1 heterocycles. The van der Waals surface area contributed by atoms with E-state index >= 15 is 0 Å². The van der Waals surface area contributed by atoms with Gasteiger partial charge in [-0.2, -0.15) is 0 Å². The fourth-order valence-electron chi connectivity index (χ4n) is 2.85. The molecular formula is C23H23BrN2O4S. The van der Waals surface area contributed by atoms with E-state index in [1.54, 1.807) is 13.2 Å². The fraction of sp³-hybridized carbons (Fsp3) is 0.217. The third kappa shape index (κ3) is 5.86. The topological polar surface area (TPSA) is 69.7 Å². The minimum absolute atomic E-state index is 0.275. The SMILES string of the molecule is CCOc1ccccc1-c1csc(NC(=O)C=Cc2cc(Br)c(OCC)c(OC)c2)n1. The highest BCUT2D eigenvalue weighted by Crippen LogP contribution is 2.37. The number of amides is 1. The Morgan fingerprint density at radius 2 is 1.94 bits per heavy atom. The molecule has 1 N–H and O–H groups in total. The second-order valence-corrected chi connectivity index (χ2v) is 7.97. The lowest BCUT2D eigenvalue weighted by molar-refractivity contribution is -0.111. The van der Waals surface area contributed by atoms with Gasteiger partial charge in [-0.15, -0.1) is 11.3 Å². The van der Waals surface area contributed by atoms with Crippen LogP contribution in [0.2, 0.25) is 0 Å². The van der Waals surface area contributed by atoms with Crippen LogP contribution in [-0.2, 0) is 4.79 Å². The van der Waals surface area contributed by atoms with Crippen LogP contribution in [0.15, 0.2) is 52.3 Å². The molecular weight excluding hydrogens is 480 g/mol. The number of hydrogen-bond donors (Lipinski definition) is 1. The van der Waals surface area contributed by atoms with Crippen molar-refractivity contribution < 1.29 is 19.0 Å². The molecule has 162 valence electrons. The number of rotatable bonds is 9. The number of ether oxygens (including phenoxy) is 3. The van der Waals surface area contributed by atoms with Gasteiger partial charge in [0, 0.05) is 17.0 Å². The Morgan fingerprint density at radius 3 is 2.68 bits per heavy atom. The summed E-state index contributed by atoms with van der Waals surface area (Å²) in [7, 11) is 1.58. The highest BCUT2D eigenvalue weighted by molar-refractivity contribution is 9.10. The van der Waals surface area contributed by atoms with Crippen molar-refractivity contribution in [2.45, 2.75) is 13.8 Å². The molecule has 1 aromatic heterocycles. The van der Waals surface area contributed by atoms with E-state index in [-0.39, 0.29) is 5.91 Å². The van der Waals surface area contributed by atoms with Gasteiger partial charge in [0.1, 0.15) is 5.75 Å². The molecule has 0 radical (unpaired) electrons. The first-order valence-corrected chi connectivity index (χ1v) is 11.4. The third-order valence-electron chi connectivity index (χ3n) is 4.16. The summed E-state index contributed by atoms with van der Waals surface area (Å²) in [5, 5.41) is 5.21. The molecule has 2 aromatic carbocycles. The maximum absolute atomic E-state index is 12.4. The van der Waals surface area contributed by atoms with E-state index in [2.05, 4.69) is 26.2 Å². The number of benzene rings is 2. The number of thiazole rings is 1. The van der Waals surface area contributed by atoms with Gasteiger partial charge in [-0.1, -0.05) is 12.1 Å². The zero-order chi connectivity index (χ0) is 22.2. The van der Waals surface area contributed by atoms with Gasteiger partial charge in [-0.25, -0.2) is 4.98 Å². The molecule has 3 aromatic rings. The van der Waals surface area contributed by atoms with Crippen molar-refractivity contribution in [1.82, 2.24) is 4.98 Å². The van der Waals surface area contributed by atoms with E-state index in [0.29, 0.717) is 29.8 Å². The quantitative estimate of drug-likeness (QED) is 0.361. The average Bonchev–Trinajstić information content (AvgIpc) is 3.22. The Balaban J connectivity index is 1.71. The van der Waals surface area contributed by atoms with Gasteiger partial charge >= 0.3 is 0 Å². The molecule has 6 nitrogen and oxygen atoms in total. The molecule has 0 spiro atoms. The zero-order valence-electron chi connectivity index (χ0n) is 17.5. The number of carbonyl (C=O) groups is 1. The monoisotopic (exact) mass is 502 g/mol. The first kappa shape index (κ1) is 22.8. The van der Waals surface area contributed by atoms with Crippen molar-refractivity contribution in [2.75, 3.05) is 25.6 Å². The van der Waals surface area contributed by atoms with Gasteiger partial charge in [-0.3, -0.25) is 10.1 Å². The number of halogens is 1. The highest BCUT2D eigenvalue weighted by Gasteiger charge is 2.12.